The van der Waals surface area contributed by atoms with Crippen molar-refractivity contribution in [1.29, 1.82) is 0 Å². The van der Waals surface area contributed by atoms with Crippen LogP contribution in [0.2, 0.25) is 0 Å². The van der Waals surface area contributed by atoms with E-state index in [2.05, 4.69) is 4.90 Å². The lowest BCUT2D eigenvalue weighted by molar-refractivity contribution is 0.0544. The molecule has 3 rings (SSSR count). The molecule has 1 saturated carbocycles. The number of ether oxygens (including phenoxy) is 1. The molecule has 1 heterocycles. The Bertz CT molecular complexity index is 530. The molecule has 0 aromatic heterocycles. The number of hydrogen-bond acceptors (Lipinski definition) is 3. The van der Waals surface area contributed by atoms with E-state index in [1.165, 1.54) is 19.3 Å². The Kier molecular flexibility index (Phi) is 4.04. The SMILES string of the molecule is CCOc1c(N)cccc1C(=O)N1CCCC2CCCC21. The fraction of sp³-hybridized carbons (Fsp3) is 0.588. The van der Waals surface area contributed by atoms with Crippen molar-refractivity contribution in [2.24, 2.45) is 5.92 Å². The molecular formula is C17H24N2O2. The Morgan fingerprint density at radius 2 is 2.14 bits per heavy atom. The molecule has 0 spiro atoms. The van der Waals surface area contributed by atoms with E-state index in [9.17, 15) is 4.79 Å². The zero-order valence-electron chi connectivity index (χ0n) is 12.7. The predicted octanol–water partition coefficient (Wildman–Crippen LogP) is 3.07. The normalized spacial score (nSPS) is 24.7. The average Bonchev–Trinajstić information content (AvgIpc) is 2.97. The van der Waals surface area contributed by atoms with Crippen molar-refractivity contribution in [3.63, 3.8) is 0 Å². The summed E-state index contributed by atoms with van der Waals surface area (Å²) in [5, 5.41) is 0. The molecule has 2 aliphatic rings. The number of carbonyl (C=O) groups is 1. The van der Waals surface area contributed by atoms with Gasteiger partial charge in [0.1, 0.15) is 0 Å². The van der Waals surface area contributed by atoms with Gasteiger partial charge in [0.2, 0.25) is 0 Å². The molecule has 2 atom stereocenters. The Hall–Kier alpha value is -1.71. The van der Waals surface area contributed by atoms with Gasteiger partial charge in [-0.15, -0.1) is 0 Å². The van der Waals surface area contributed by atoms with Gasteiger partial charge in [0.25, 0.3) is 5.91 Å². The number of nitrogens with zero attached hydrogens (tertiary/aromatic N) is 1. The van der Waals surface area contributed by atoms with Gasteiger partial charge in [-0.1, -0.05) is 12.5 Å². The third-order valence-electron chi connectivity index (χ3n) is 4.82. The first kappa shape index (κ1) is 14.2. The van der Waals surface area contributed by atoms with Crippen LogP contribution in [0.5, 0.6) is 5.75 Å². The maximum Gasteiger partial charge on any atom is 0.257 e. The van der Waals surface area contributed by atoms with Crippen LogP contribution in [-0.4, -0.2) is 30.0 Å². The second-order valence-electron chi connectivity index (χ2n) is 6.06. The van der Waals surface area contributed by atoms with Crippen LogP contribution in [0.3, 0.4) is 0 Å². The standard InChI is InChI=1S/C17H24N2O2/c1-2-21-16-13(8-4-9-14(16)18)17(20)19-11-5-7-12-6-3-10-15(12)19/h4,8-9,12,15H,2-3,5-7,10-11,18H2,1H3. The van der Waals surface area contributed by atoms with Crippen molar-refractivity contribution in [2.75, 3.05) is 18.9 Å². The van der Waals surface area contributed by atoms with Gasteiger partial charge in [0, 0.05) is 12.6 Å². The number of rotatable bonds is 3. The topological polar surface area (TPSA) is 55.6 Å². The van der Waals surface area contributed by atoms with Crippen molar-refractivity contribution in [1.82, 2.24) is 4.90 Å². The molecule has 1 aliphatic carbocycles. The van der Waals surface area contributed by atoms with Crippen LogP contribution in [0.1, 0.15) is 49.4 Å². The Balaban J connectivity index is 1.89. The molecule has 1 saturated heterocycles. The summed E-state index contributed by atoms with van der Waals surface area (Å²) in [4.78, 5) is 15.0. The third-order valence-corrected chi connectivity index (χ3v) is 4.82. The summed E-state index contributed by atoms with van der Waals surface area (Å²) in [5.74, 6) is 1.33. The molecule has 4 heteroatoms. The minimum absolute atomic E-state index is 0.0855. The second kappa shape index (κ2) is 5.96. The van der Waals surface area contributed by atoms with Crippen LogP contribution in [0.25, 0.3) is 0 Å². The molecule has 1 aromatic carbocycles. The number of para-hydroxylation sites is 1. The number of nitrogens with two attached hydrogens (primary N) is 1. The van der Waals surface area contributed by atoms with Crippen LogP contribution in [0.4, 0.5) is 5.69 Å². The molecule has 4 nitrogen and oxygen atoms in total. The minimum atomic E-state index is 0.0855. The highest BCUT2D eigenvalue weighted by Gasteiger charge is 2.38. The molecule has 2 unspecified atom stereocenters. The number of likely N-dealkylation sites (tertiary alicyclic amines) is 1. The van der Waals surface area contributed by atoms with Crippen LogP contribution in [0.15, 0.2) is 18.2 Å². The molecule has 2 N–H and O–H groups in total. The molecule has 0 bridgehead atoms. The predicted molar refractivity (Wildman–Crippen MR) is 83.4 cm³/mol. The highest BCUT2D eigenvalue weighted by molar-refractivity contribution is 5.99. The lowest BCUT2D eigenvalue weighted by Gasteiger charge is -2.38. The van der Waals surface area contributed by atoms with E-state index >= 15 is 0 Å². The summed E-state index contributed by atoms with van der Waals surface area (Å²) in [6, 6.07) is 5.88. The second-order valence-corrected chi connectivity index (χ2v) is 6.06. The summed E-state index contributed by atoms with van der Waals surface area (Å²) in [7, 11) is 0. The number of hydrogen-bond donors (Lipinski definition) is 1. The van der Waals surface area contributed by atoms with Crippen molar-refractivity contribution in [3.8, 4) is 5.75 Å². The summed E-state index contributed by atoms with van der Waals surface area (Å²) >= 11 is 0. The maximum absolute atomic E-state index is 13.0. The van der Waals surface area contributed by atoms with E-state index in [1.54, 1.807) is 6.07 Å². The molecule has 1 amide bonds. The van der Waals surface area contributed by atoms with Crippen molar-refractivity contribution in [2.45, 2.75) is 45.1 Å². The molecular weight excluding hydrogens is 264 g/mol. The zero-order chi connectivity index (χ0) is 14.8. The average molecular weight is 288 g/mol. The smallest absolute Gasteiger partial charge is 0.257 e. The van der Waals surface area contributed by atoms with Gasteiger partial charge in [-0.05, 0) is 50.7 Å². The van der Waals surface area contributed by atoms with Gasteiger partial charge in [0.05, 0.1) is 17.9 Å². The first-order valence-corrected chi connectivity index (χ1v) is 8.04. The summed E-state index contributed by atoms with van der Waals surface area (Å²) in [6.45, 7) is 3.29. The number of fused-ring (bicyclic) bond motifs is 1. The van der Waals surface area contributed by atoms with Gasteiger partial charge in [0.15, 0.2) is 5.75 Å². The number of nitrogen functional groups attached to an aromatic ring is 1. The monoisotopic (exact) mass is 288 g/mol. The first-order valence-electron chi connectivity index (χ1n) is 8.04. The van der Waals surface area contributed by atoms with Crippen LogP contribution in [0, 0.1) is 5.92 Å². The molecule has 21 heavy (non-hydrogen) atoms. The van der Waals surface area contributed by atoms with Crippen LogP contribution in [-0.2, 0) is 0 Å². The number of piperidine rings is 1. The van der Waals surface area contributed by atoms with Crippen molar-refractivity contribution in [3.05, 3.63) is 23.8 Å². The fourth-order valence-electron chi connectivity index (χ4n) is 3.89. The Morgan fingerprint density at radius 3 is 2.95 bits per heavy atom. The van der Waals surface area contributed by atoms with E-state index < -0.39 is 0 Å². The van der Waals surface area contributed by atoms with Gasteiger partial charge < -0.3 is 15.4 Å². The highest BCUT2D eigenvalue weighted by atomic mass is 16.5. The van der Waals surface area contributed by atoms with E-state index in [-0.39, 0.29) is 5.91 Å². The van der Waals surface area contributed by atoms with Crippen molar-refractivity contribution < 1.29 is 9.53 Å². The van der Waals surface area contributed by atoms with Crippen molar-refractivity contribution >= 4 is 11.6 Å². The minimum Gasteiger partial charge on any atom is -0.491 e. The number of amides is 1. The molecule has 2 fully saturated rings. The van der Waals surface area contributed by atoms with E-state index in [0.717, 1.165) is 19.4 Å². The third kappa shape index (κ3) is 2.59. The van der Waals surface area contributed by atoms with E-state index in [1.807, 2.05) is 19.1 Å². The van der Waals surface area contributed by atoms with Gasteiger partial charge in [-0.25, -0.2) is 0 Å². The largest absolute Gasteiger partial charge is 0.491 e. The lowest BCUT2D eigenvalue weighted by Crippen LogP contribution is -2.46. The van der Waals surface area contributed by atoms with Crippen LogP contribution >= 0.6 is 0 Å². The summed E-state index contributed by atoms with van der Waals surface area (Å²) in [5.41, 5.74) is 7.15. The quantitative estimate of drug-likeness (QED) is 0.870. The number of carbonyl (C=O) groups excluding carboxylic acids is 1. The van der Waals surface area contributed by atoms with Gasteiger partial charge in [-0.3, -0.25) is 4.79 Å². The zero-order valence-corrected chi connectivity index (χ0v) is 12.7. The van der Waals surface area contributed by atoms with Gasteiger partial charge >= 0.3 is 0 Å². The number of anilines is 1. The Labute approximate surface area is 126 Å². The van der Waals surface area contributed by atoms with E-state index in [4.69, 9.17) is 10.5 Å². The first-order chi connectivity index (χ1) is 10.2. The molecule has 1 aromatic rings. The fourth-order valence-corrected chi connectivity index (χ4v) is 3.89. The maximum atomic E-state index is 13.0. The highest BCUT2D eigenvalue weighted by Crippen LogP contribution is 2.38. The molecule has 114 valence electrons. The summed E-state index contributed by atoms with van der Waals surface area (Å²) in [6.07, 6.45) is 6.03. The van der Waals surface area contributed by atoms with Crippen LogP contribution < -0.4 is 10.5 Å². The van der Waals surface area contributed by atoms with E-state index in [0.29, 0.717) is 35.6 Å². The lowest BCUT2D eigenvalue weighted by atomic mass is 9.91. The van der Waals surface area contributed by atoms with Gasteiger partial charge in [-0.2, -0.15) is 0 Å². The summed E-state index contributed by atoms with van der Waals surface area (Å²) < 4.78 is 5.62. The molecule has 1 aliphatic heterocycles. The number of benzene rings is 1. The molecule has 0 radical (unpaired) electrons. The Morgan fingerprint density at radius 1 is 1.33 bits per heavy atom.